The molecular formula is C36H33N5O4S. The molecule has 10 heteroatoms. The summed E-state index contributed by atoms with van der Waals surface area (Å²) in [6, 6.07) is 32.6. The zero-order valence-electron chi connectivity index (χ0n) is 25.4. The molecular weight excluding hydrogens is 598 g/mol. The van der Waals surface area contributed by atoms with Crippen LogP contribution < -0.4 is 21.0 Å². The van der Waals surface area contributed by atoms with Gasteiger partial charge in [0, 0.05) is 16.1 Å². The van der Waals surface area contributed by atoms with Crippen LogP contribution in [0.3, 0.4) is 0 Å². The van der Waals surface area contributed by atoms with Crippen LogP contribution in [0.15, 0.2) is 125 Å². The molecule has 4 aromatic rings. The van der Waals surface area contributed by atoms with Gasteiger partial charge in [0.2, 0.25) is 5.91 Å². The molecule has 0 unspecified atom stereocenters. The molecule has 0 aliphatic carbocycles. The SMILES string of the molecule is CC(C)c1ccc(/C=C(/NC(=O)c2ccccc2)C(=O)Nc2cccc(SCC(=O)NC3=NN(c4ccccc4)C(=O)C3)c2)cc1. The number of hydrogen-bond acceptors (Lipinski definition) is 6. The van der Waals surface area contributed by atoms with E-state index >= 15 is 0 Å². The number of carbonyl (C=O) groups excluding carboxylic acids is 4. The summed E-state index contributed by atoms with van der Waals surface area (Å²) >= 11 is 1.27. The van der Waals surface area contributed by atoms with Crippen LogP contribution in [-0.2, 0) is 14.4 Å². The zero-order valence-corrected chi connectivity index (χ0v) is 26.2. The highest BCUT2D eigenvalue weighted by Crippen LogP contribution is 2.23. The van der Waals surface area contributed by atoms with E-state index in [4.69, 9.17) is 0 Å². The number of carbonyl (C=O) groups is 4. The van der Waals surface area contributed by atoms with Crippen molar-refractivity contribution in [2.75, 3.05) is 16.1 Å². The van der Waals surface area contributed by atoms with E-state index in [2.05, 4.69) is 34.9 Å². The Morgan fingerprint density at radius 2 is 1.57 bits per heavy atom. The summed E-state index contributed by atoms with van der Waals surface area (Å²) in [5.41, 5.74) is 3.56. The lowest BCUT2D eigenvalue weighted by atomic mass is 10.0. The van der Waals surface area contributed by atoms with Gasteiger partial charge in [-0.25, -0.2) is 0 Å². The van der Waals surface area contributed by atoms with E-state index in [9.17, 15) is 19.2 Å². The van der Waals surface area contributed by atoms with E-state index in [-0.39, 0.29) is 35.5 Å². The molecule has 1 aliphatic heterocycles. The average molecular weight is 632 g/mol. The molecule has 0 saturated heterocycles. The monoisotopic (exact) mass is 631 g/mol. The predicted octanol–water partition coefficient (Wildman–Crippen LogP) is 6.18. The smallest absolute Gasteiger partial charge is 0.272 e. The number of nitrogens with one attached hydrogen (secondary N) is 3. The van der Waals surface area contributed by atoms with Gasteiger partial charge in [-0.15, -0.1) is 11.8 Å². The number of para-hydroxylation sites is 1. The lowest BCUT2D eigenvalue weighted by Gasteiger charge is -2.13. The fourth-order valence-electron chi connectivity index (χ4n) is 4.56. The van der Waals surface area contributed by atoms with Crippen LogP contribution in [0.5, 0.6) is 0 Å². The fraction of sp³-hybridized carbons (Fsp3) is 0.139. The van der Waals surface area contributed by atoms with Crippen molar-refractivity contribution in [3.63, 3.8) is 0 Å². The minimum atomic E-state index is -0.496. The highest BCUT2D eigenvalue weighted by Gasteiger charge is 2.26. The number of nitrogens with zero attached hydrogens (tertiary/aromatic N) is 2. The number of thioether (sulfide) groups is 1. The van der Waals surface area contributed by atoms with Crippen LogP contribution >= 0.6 is 11.8 Å². The Bertz CT molecular complexity index is 1790. The van der Waals surface area contributed by atoms with Crippen molar-refractivity contribution >= 4 is 58.7 Å². The fourth-order valence-corrected chi connectivity index (χ4v) is 5.32. The third-order valence-corrected chi connectivity index (χ3v) is 7.96. The van der Waals surface area contributed by atoms with Crippen molar-refractivity contribution in [1.29, 1.82) is 0 Å². The van der Waals surface area contributed by atoms with Crippen LogP contribution in [0.2, 0.25) is 0 Å². The van der Waals surface area contributed by atoms with Gasteiger partial charge in [0.25, 0.3) is 17.7 Å². The van der Waals surface area contributed by atoms with E-state index in [0.29, 0.717) is 22.9 Å². The molecule has 46 heavy (non-hydrogen) atoms. The molecule has 3 N–H and O–H groups in total. The van der Waals surface area contributed by atoms with E-state index in [1.54, 1.807) is 60.7 Å². The topological polar surface area (TPSA) is 120 Å². The first-order valence-corrected chi connectivity index (χ1v) is 15.7. The quantitative estimate of drug-likeness (QED) is 0.143. The molecule has 0 bridgehead atoms. The number of rotatable bonds is 10. The number of anilines is 2. The number of benzene rings is 4. The van der Waals surface area contributed by atoms with Crippen molar-refractivity contribution in [1.82, 2.24) is 10.6 Å². The Kier molecular flexibility index (Phi) is 10.4. The minimum absolute atomic E-state index is 0.00531. The summed E-state index contributed by atoms with van der Waals surface area (Å²) in [4.78, 5) is 52.2. The van der Waals surface area contributed by atoms with Crippen LogP contribution in [-0.4, -0.2) is 35.2 Å². The van der Waals surface area contributed by atoms with Gasteiger partial charge in [0.05, 0.1) is 17.9 Å². The number of hydrazone groups is 1. The molecule has 9 nitrogen and oxygen atoms in total. The Balaban J connectivity index is 1.23. The van der Waals surface area contributed by atoms with Crippen molar-refractivity contribution in [2.45, 2.75) is 31.1 Å². The van der Waals surface area contributed by atoms with E-state index in [1.807, 2.05) is 54.6 Å². The van der Waals surface area contributed by atoms with Gasteiger partial charge < -0.3 is 16.0 Å². The lowest BCUT2D eigenvalue weighted by Crippen LogP contribution is -2.31. The van der Waals surface area contributed by atoms with E-state index in [1.165, 1.54) is 22.3 Å². The van der Waals surface area contributed by atoms with Crippen LogP contribution in [0, 0.1) is 0 Å². The van der Waals surface area contributed by atoms with Crippen LogP contribution in [0.4, 0.5) is 11.4 Å². The van der Waals surface area contributed by atoms with E-state index in [0.717, 1.165) is 10.5 Å². The van der Waals surface area contributed by atoms with Crippen molar-refractivity contribution in [2.24, 2.45) is 5.10 Å². The maximum absolute atomic E-state index is 13.5. The molecule has 4 aromatic carbocycles. The van der Waals surface area contributed by atoms with Gasteiger partial charge in [-0.05, 0) is 65.6 Å². The molecule has 0 radical (unpaired) electrons. The van der Waals surface area contributed by atoms with Crippen molar-refractivity contribution in [3.05, 3.63) is 132 Å². The Hall–Kier alpha value is -5.48. The summed E-state index contributed by atoms with van der Waals surface area (Å²) in [7, 11) is 0. The second kappa shape index (κ2) is 15.0. The summed E-state index contributed by atoms with van der Waals surface area (Å²) in [5, 5.41) is 13.9. The molecule has 5 rings (SSSR count). The molecule has 232 valence electrons. The summed E-state index contributed by atoms with van der Waals surface area (Å²) < 4.78 is 0. The van der Waals surface area contributed by atoms with Gasteiger partial charge in [0.15, 0.2) is 0 Å². The van der Waals surface area contributed by atoms with Gasteiger partial charge in [-0.3, -0.25) is 19.2 Å². The second-order valence-electron chi connectivity index (χ2n) is 10.8. The highest BCUT2D eigenvalue weighted by atomic mass is 32.2. The maximum Gasteiger partial charge on any atom is 0.272 e. The standard InChI is InChI=1S/C36H33N5O4S/c1-24(2)26-18-16-25(17-19-26)20-31(38-35(44)27-10-5-3-6-11-27)36(45)37-28-12-9-15-30(21-28)46-23-33(42)39-32-22-34(43)41(40-32)29-13-7-4-8-14-29/h3-21,24H,22-23H2,1-2H3,(H,37,45)(H,38,44)(H,39,40,42)/b31-20+. The first kappa shape index (κ1) is 31.9. The third kappa shape index (κ3) is 8.58. The molecule has 4 amide bonds. The van der Waals surface area contributed by atoms with Crippen LogP contribution in [0.1, 0.15) is 47.7 Å². The summed E-state index contributed by atoms with van der Waals surface area (Å²) in [6.07, 6.45) is 1.64. The zero-order chi connectivity index (χ0) is 32.5. The van der Waals surface area contributed by atoms with Crippen LogP contribution in [0.25, 0.3) is 6.08 Å². The highest BCUT2D eigenvalue weighted by molar-refractivity contribution is 8.00. The largest absolute Gasteiger partial charge is 0.321 e. The molecule has 0 saturated carbocycles. The molecule has 0 fully saturated rings. The third-order valence-electron chi connectivity index (χ3n) is 6.96. The van der Waals surface area contributed by atoms with Crippen molar-refractivity contribution < 1.29 is 19.2 Å². The maximum atomic E-state index is 13.5. The van der Waals surface area contributed by atoms with Crippen molar-refractivity contribution in [3.8, 4) is 0 Å². The second-order valence-corrected chi connectivity index (χ2v) is 11.8. The lowest BCUT2D eigenvalue weighted by molar-refractivity contribution is -0.117. The first-order valence-electron chi connectivity index (χ1n) is 14.7. The summed E-state index contributed by atoms with van der Waals surface area (Å²) in [6.45, 7) is 4.21. The molecule has 1 aliphatic rings. The van der Waals surface area contributed by atoms with Gasteiger partial charge >= 0.3 is 0 Å². The number of amidine groups is 1. The van der Waals surface area contributed by atoms with Gasteiger partial charge in [-0.2, -0.15) is 10.1 Å². The molecule has 1 heterocycles. The van der Waals surface area contributed by atoms with Gasteiger partial charge in [0.1, 0.15) is 11.5 Å². The number of amides is 4. The normalized spacial score (nSPS) is 12.9. The molecule has 0 aromatic heterocycles. The molecule has 0 atom stereocenters. The molecule has 0 spiro atoms. The first-order chi connectivity index (χ1) is 22.2. The predicted molar refractivity (Wildman–Crippen MR) is 182 cm³/mol. The summed E-state index contributed by atoms with van der Waals surface area (Å²) in [5.74, 6) is -0.713. The van der Waals surface area contributed by atoms with E-state index < -0.39 is 11.8 Å². The minimum Gasteiger partial charge on any atom is -0.321 e. The average Bonchev–Trinajstić information content (AvgIpc) is 3.44. The Morgan fingerprint density at radius 3 is 2.26 bits per heavy atom. The Morgan fingerprint density at radius 1 is 0.870 bits per heavy atom. The Labute approximate surface area is 271 Å². The number of hydrogen-bond donors (Lipinski definition) is 3. The van der Waals surface area contributed by atoms with Gasteiger partial charge in [-0.1, -0.05) is 80.6 Å².